The van der Waals surface area contributed by atoms with Crippen LogP contribution in [0.5, 0.6) is 5.75 Å². The summed E-state index contributed by atoms with van der Waals surface area (Å²) in [7, 11) is 1.65. The van der Waals surface area contributed by atoms with Gasteiger partial charge in [0, 0.05) is 19.3 Å². The van der Waals surface area contributed by atoms with Crippen molar-refractivity contribution in [2.24, 2.45) is 0 Å². The minimum absolute atomic E-state index is 0.125. The van der Waals surface area contributed by atoms with Gasteiger partial charge in [0.15, 0.2) is 0 Å². The van der Waals surface area contributed by atoms with Crippen LogP contribution in [0.3, 0.4) is 0 Å². The first kappa shape index (κ1) is 18.5. The van der Waals surface area contributed by atoms with E-state index in [1.54, 1.807) is 19.4 Å². The lowest BCUT2D eigenvalue weighted by atomic mass is 10.1. The van der Waals surface area contributed by atoms with Crippen molar-refractivity contribution in [3.05, 3.63) is 89.6 Å². The van der Waals surface area contributed by atoms with Crippen LogP contribution in [0, 0.1) is 0 Å². The van der Waals surface area contributed by atoms with Crippen LogP contribution in [0.15, 0.2) is 72.9 Å². The minimum Gasteiger partial charge on any atom is -0.497 e. The van der Waals surface area contributed by atoms with Gasteiger partial charge in [-0.1, -0.05) is 42.5 Å². The van der Waals surface area contributed by atoms with Crippen LogP contribution in [0.2, 0.25) is 0 Å². The molecule has 5 nitrogen and oxygen atoms in total. The Labute approximate surface area is 159 Å². The number of anilines is 1. The lowest BCUT2D eigenvalue weighted by Crippen LogP contribution is -2.25. The van der Waals surface area contributed by atoms with Gasteiger partial charge in [0.05, 0.1) is 12.7 Å². The predicted molar refractivity (Wildman–Crippen MR) is 107 cm³/mol. The summed E-state index contributed by atoms with van der Waals surface area (Å²) in [5.74, 6) is 1.44. The van der Waals surface area contributed by atoms with Crippen molar-refractivity contribution in [2.75, 3.05) is 19.0 Å². The Morgan fingerprint density at radius 2 is 1.81 bits per heavy atom. The zero-order chi connectivity index (χ0) is 18.9. The first-order valence-electron chi connectivity index (χ1n) is 8.89. The Hall–Kier alpha value is -3.34. The van der Waals surface area contributed by atoms with Crippen molar-refractivity contribution in [1.29, 1.82) is 0 Å². The summed E-state index contributed by atoms with van der Waals surface area (Å²) in [5.41, 5.74) is 2.85. The summed E-state index contributed by atoms with van der Waals surface area (Å²) < 4.78 is 5.21. The molecular weight excluding hydrogens is 338 g/mol. The second-order valence-electron chi connectivity index (χ2n) is 6.13. The summed E-state index contributed by atoms with van der Waals surface area (Å²) in [5, 5.41) is 6.17. The minimum atomic E-state index is -0.125. The Morgan fingerprint density at radius 3 is 2.56 bits per heavy atom. The molecule has 0 bridgehead atoms. The van der Waals surface area contributed by atoms with E-state index in [1.807, 2.05) is 48.5 Å². The van der Waals surface area contributed by atoms with Gasteiger partial charge in [0.25, 0.3) is 5.91 Å². The molecule has 0 saturated heterocycles. The fourth-order valence-electron chi connectivity index (χ4n) is 2.67. The lowest BCUT2D eigenvalue weighted by Gasteiger charge is -2.08. The maximum absolute atomic E-state index is 12.3. The van der Waals surface area contributed by atoms with Gasteiger partial charge >= 0.3 is 0 Å². The van der Waals surface area contributed by atoms with Crippen LogP contribution in [0.4, 0.5) is 5.82 Å². The molecule has 0 aliphatic rings. The number of ether oxygens (including phenoxy) is 1. The number of aromatic nitrogens is 1. The van der Waals surface area contributed by atoms with Gasteiger partial charge in [-0.25, -0.2) is 4.98 Å². The first-order chi connectivity index (χ1) is 13.2. The molecule has 0 aliphatic carbocycles. The second kappa shape index (κ2) is 9.38. The van der Waals surface area contributed by atoms with Crippen molar-refractivity contribution in [3.63, 3.8) is 0 Å². The van der Waals surface area contributed by atoms with Crippen molar-refractivity contribution >= 4 is 11.7 Å². The molecule has 0 fully saturated rings. The van der Waals surface area contributed by atoms with Gasteiger partial charge in [0.1, 0.15) is 11.6 Å². The smallest absolute Gasteiger partial charge is 0.252 e. The molecule has 3 rings (SSSR count). The van der Waals surface area contributed by atoms with E-state index in [0.717, 1.165) is 23.6 Å². The van der Waals surface area contributed by atoms with Crippen LogP contribution < -0.4 is 15.4 Å². The Balaban J connectivity index is 1.47. The van der Waals surface area contributed by atoms with Gasteiger partial charge in [-0.15, -0.1) is 0 Å². The van der Waals surface area contributed by atoms with E-state index in [9.17, 15) is 4.79 Å². The highest BCUT2D eigenvalue weighted by atomic mass is 16.5. The number of hydrogen-bond acceptors (Lipinski definition) is 4. The van der Waals surface area contributed by atoms with Crippen molar-refractivity contribution in [1.82, 2.24) is 10.3 Å². The molecule has 0 atom stereocenters. The molecule has 1 heterocycles. The van der Waals surface area contributed by atoms with E-state index in [-0.39, 0.29) is 5.91 Å². The average Bonchev–Trinajstić information content (AvgIpc) is 2.73. The molecular formula is C22H23N3O2. The van der Waals surface area contributed by atoms with Gasteiger partial charge in [-0.3, -0.25) is 4.79 Å². The fraction of sp³-hybridized carbons (Fsp3) is 0.182. The van der Waals surface area contributed by atoms with Crippen LogP contribution in [-0.4, -0.2) is 24.5 Å². The summed E-state index contributed by atoms with van der Waals surface area (Å²) in [4.78, 5) is 16.6. The third kappa shape index (κ3) is 5.57. The normalized spacial score (nSPS) is 10.3. The molecule has 0 aliphatic heterocycles. The topological polar surface area (TPSA) is 63.2 Å². The molecule has 27 heavy (non-hydrogen) atoms. The number of amides is 1. The van der Waals surface area contributed by atoms with E-state index in [4.69, 9.17) is 4.74 Å². The van der Waals surface area contributed by atoms with Crippen LogP contribution in [0.25, 0.3) is 0 Å². The highest BCUT2D eigenvalue weighted by molar-refractivity contribution is 5.94. The molecule has 2 N–H and O–H groups in total. The van der Waals surface area contributed by atoms with E-state index in [0.29, 0.717) is 18.7 Å². The van der Waals surface area contributed by atoms with Gasteiger partial charge < -0.3 is 15.4 Å². The molecule has 3 aromatic rings. The van der Waals surface area contributed by atoms with Crippen LogP contribution >= 0.6 is 0 Å². The number of nitrogens with zero attached hydrogens (tertiary/aromatic N) is 1. The monoisotopic (exact) mass is 361 g/mol. The van der Waals surface area contributed by atoms with Crippen LogP contribution in [0.1, 0.15) is 21.5 Å². The molecule has 5 heteroatoms. The zero-order valence-corrected chi connectivity index (χ0v) is 15.3. The summed E-state index contributed by atoms with van der Waals surface area (Å²) in [6, 6.07) is 21.5. The SMILES string of the molecule is COc1cccc(CCNC(=O)c2ccc(NCc3ccccc3)nc2)c1. The van der Waals surface area contributed by atoms with Crippen molar-refractivity contribution in [3.8, 4) is 5.75 Å². The lowest BCUT2D eigenvalue weighted by molar-refractivity contribution is 0.0954. The number of carbonyl (C=O) groups is 1. The second-order valence-corrected chi connectivity index (χ2v) is 6.13. The number of hydrogen-bond donors (Lipinski definition) is 2. The number of methoxy groups -OCH3 is 1. The van der Waals surface area contributed by atoms with Gasteiger partial charge in [-0.2, -0.15) is 0 Å². The molecule has 0 spiro atoms. The third-order valence-corrected chi connectivity index (χ3v) is 4.18. The summed E-state index contributed by atoms with van der Waals surface area (Å²) in [6.45, 7) is 1.25. The molecule has 0 radical (unpaired) electrons. The third-order valence-electron chi connectivity index (χ3n) is 4.18. The van der Waals surface area contributed by atoms with Gasteiger partial charge in [-0.05, 0) is 41.8 Å². The summed E-state index contributed by atoms with van der Waals surface area (Å²) in [6.07, 6.45) is 2.33. The van der Waals surface area contributed by atoms with Gasteiger partial charge in [0.2, 0.25) is 0 Å². The molecule has 2 aromatic carbocycles. The quantitative estimate of drug-likeness (QED) is 0.642. The molecule has 0 unspecified atom stereocenters. The Bertz CT molecular complexity index is 864. The maximum Gasteiger partial charge on any atom is 0.252 e. The van der Waals surface area contributed by atoms with Crippen molar-refractivity contribution in [2.45, 2.75) is 13.0 Å². The average molecular weight is 361 g/mol. The standard InChI is InChI=1S/C22H23N3O2/c1-27-20-9-5-8-17(14-20)12-13-23-22(26)19-10-11-21(25-16-19)24-15-18-6-3-2-4-7-18/h2-11,14,16H,12-13,15H2,1H3,(H,23,26)(H,24,25). The summed E-state index contributed by atoms with van der Waals surface area (Å²) >= 11 is 0. The van der Waals surface area contributed by atoms with E-state index >= 15 is 0 Å². The fourth-order valence-corrected chi connectivity index (χ4v) is 2.67. The highest BCUT2D eigenvalue weighted by Gasteiger charge is 2.06. The Morgan fingerprint density at radius 1 is 1.00 bits per heavy atom. The van der Waals surface area contributed by atoms with Crippen molar-refractivity contribution < 1.29 is 9.53 Å². The van der Waals surface area contributed by atoms with E-state index < -0.39 is 0 Å². The predicted octanol–water partition coefficient (Wildman–Crippen LogP) is 3.67. The highest BCUT2D eigenvalue weighted by Crippen LogP contribution is 2.13. The molecule has 138 valence electrons. The number of nitrogens with one attached hydrogen (secondary N) is 2. The molecule has 1 amide bonds. The number of benzene rings is 2. The molecule has 1 aromatic heterocycles. The molecule has 0 saturated carbocycles. The number of rotatable bonds is 8. The maximum atomic E-state index is 12.3. The zero-order valence-electron chi connectivity index (χ0n) is 15.3. The largest absolute Gasteiger partial charge is 0.497 e. The number of carbonyl (C=O) groups excluding carboxylic acids is 1. The first-order valence-corrected chi connectivity index (χ1v) is 8.89. The van der Waals surface area contributed by atoms with E-state index in [2.05, 4.69) is 27.8 Å². The van der Waals surface area contributed by atoms with Crippen LogP contribution in [-0.2, 0) is 13.0 Å². The number of pyridine rings is 1. The Kier molecular flexibility index (Phi) is 6.41. The van der Waals surface area contributed by atoms with E-state index in [1.165, 1.54) is 5.56 Å².